The van der Waals surface area contributed by atoms with Crippen molar-refractivity contribution < 1.29 is 8.83 Å². The lowest BCUT2D eigenvalue weighted by molar-refractivity contribution is 0.669. The largest absolute Gasteiger partial charge is 0.456 e. The Morgan fingerprint density at radius 2 is 0.922 bits per heavy atom. The zero-order valence-corrected chi connectivity index (χ0v) is 34.8. The Hall–Kier alpha value is -8.40. The Kier molecular flexibility index (Phi) is 8.13. The van der Waals surface area contributed by atoms with E-state index in [4.69, 9.17) is 8.83 Å². The highest BCUT2D eigenvalue weighted by Gasteiger charge is 2.46. The molecule has 1 aliphatic rings. The average molecular weight is 818 g/mol. The quantitative estimate of drug-likeness (QED) is 0.160. The Bertz CT molecular complexity index is 3680. The van der Waals surface area contributed by atoms with Crippen LogP contribution in [0.5, 0.6) is 0 Å². The van der Waals surface area contributed by atoms with Crippen molar-refractivity contribution in [1.82, 2.24) is 0 Å². The molecule has 0 aliphatic heterocycles. The first-order valence-corrected chi connectivity index (χ1v) is 21.9. The van der Waals surface area contributed by atoms with Gasteiger partial charge >= 0.3 is 0 Å². The summed E-state index contributed by atoms with van der Waals surface area (Å²) in [5.41, 5.74) is 18.0. The second-order valence-electron chi connectivity index (χ2n) is 16.7. The maximum Gasteiger partial charge on any atom is 0.143 e. The summed E-state index contributed by atoms with van der Waals surface area (Å²) in [7, 11) is 0. The van der Waals surface area contributed by atoms with E-state index in [2.05, 4.69) is 229 Å². The Labute approximate surface area is 370 Å². The highest BCUT2D eigenvalue weighted by Crippen LogP contribution is 2.57. The van der Waals surface area contributed by atoms with Crippen molar-refractivity contribution in [3.05, 3.63) is 259 Å². The first-order chi connectivity index (χ1) is 31.7. The molecule has 0 N–H and O–H groups in total. The zero-order valence-electron chi connectivity index (χ0n) is 34.8. The van der Waals surface area contributed by atoms with E-state index in [9.17, 15) is 0 Å². The maximum absolute atomic E-state index is 6.67. The van der Waals surface area contributed by atoms with E-state index >= 15 is 0 Å². The molecule has 0 fully saturated rings. The molecule has 10 aromatic carbocycles. The number of nitrogens with zero attached hydrogens (tertiary/aromatic N) is 1. The van der Waals surface area contributed by atoms with Crippen LogP contribution in [0, 0.1) is 0 Å². The smallest absolute Gasteiger partial charge is 0.143 e. The molecular formula is C61H39NO2. The molecule has 0 bridgehead atoms. The lowest BCUT2D eigenvalue weighted by atomic mass is 9.67. The van der Waals surface area contributed by atoms with Gasteiger partial charge in [0, 0.05) is 33.1 Å². The molecule has 0 saturated heterocycles. The molecule has 0 atom stereocenters. The fourth-order valence-electron chi connectivity index (χ4n) is 10.6. The lowest BCUT2D eigenvalue weighted by Crippen LogP contribution is -2.28. The molecule has 13 rings (SSSR count). The van der Waals surface area contributed by atoms with E-state index in [1.807, 2.05) is 12.1 Å². The Morgan fingerprint density at radius 3 is 1.72 bits per heavy atom. The van der Waals surface area contributed by atoms with Gasteiger partial charge < -0.3 is 13.7 Å². The van der Waals surface area contributed by atoms with Gasteiger partial charge in [0.1, 0.15) is 22.3 Å². The number of para-hydroxylation sites is 2. The van der Waals surface area contributed by atoms with E-state index in [-0.39, 0.29) is 0 Å². The highest BCUT2D eigenvalue weighted by molar-refractivity contribution is 6.14. The van der Waals surface area contributed by atoms with Crippen molar-refractivity contribution in [1.29, 1.82) is 0 Å². The summed E-state index contributed by atoms with van der Waals surface area (Å²) in [6.07, 6.45) is 0. The molecule has 2 aromatic heterocycles. The monoisotopic (exact) mass is 817 g/mol. The van der Waals surface area contributed by atoms with Crippen LogP contribution in [0.15, 0.2) is 245 Å². The molecule has 0 amide bonds. The van der Waals surface area contributed by atoms with Crippen LogP contribution in [0.2, 0.25) is 0 Å². The summed E-state index contributed by atoms with van der Waals surface area (Å²) in [4.78, 5) is 2.41. The van der Waals surface area contributed by atoms with Gasteiger partial charge in [-0.1, -0.05) is 182 Å². The van der Waals surface area contributed by atoms with Crippen molar-refractivity contribution in [2.75, 3.05) is 4.90 Å². The summed E-state index contributed by atoms with van der Waals surface area (Å²) in [6, 6.07) is 85.3. The molecule has 12 aromatic rings. The minimum atomic E-state index is -0.551. The van der Waals surface area contributed by atoms with Crippen molar-refractivity contribution in [2.24, 2.45) is 0 Å². The summed E-state index contributed by atoms with van der Waals surface area (Å²) in [5.74, 6) is 0. The van der Waals surface area contributed by atoms with E-state index in [0.717, 1.165) is 77.6 Å². The second kappa shape index (κ2) is 14.3. The summed E-state index contributed by atoms with van der Waals surface area (Å²) in [5, 5.41) is 4.37. The van der Waals surface area contributed by atoms with E-state index in [0.29, 0.717) is 0 Å². The molecule has 0 radical (unpaired) electrons. The normalized spacial score (nSPS) is 12.8. The van der Waals surface area contributed by atoms with Crippen LogP contribution in [0.3, 0.4) is 0 Å². The van der Waals surface area contributed by atoms with Crippen LogP contribution in [0.4, 0.5) is 17.1 Å². The number of hydrogen-bond acceptors (Lipinski definition) is 3. The van der Waals surface area contributed by atoms with Crippen LogP contribution in [0.25, 0.3) is 77.3 Å². The SMILES string of the molecule is c1ccc(-c2ccc3oc4cccc(N(c5ccc(-c6cccc7c6oc6ccccc67)cc5)c5cccc(C6(c7ccccc7)c7ccccc7-c7ccccc76)c5)c4c3c2)cc1. The minimum absolute atomic E-state index is 0.551. The number of benzene rings is 10. The molecule has 300 valence electrons. The molecule has 3 heteroatoms. The van der Waals surface area contributed by atoms with Crippen molar-refractivity contribution >= 4 is 60.9 Å². The van der Waals surface area contributed by atoms with Gasteiger partial charge in [0.05, 0.1) is 16.5 Å². The van der Waals surface area contributed by atoms with Crippen molar-refractivity contribution in [3.63, 3.8) is 0 Å². The zero-order chi connectivity index (χ0) is 42.2. The van der Waals surface area contributed by atoms with Crippen LogP contribution in [-0.2, 0) is 5.41 Å². The third kappa shape index (κ3) is 5.41. The van der Waals surface area contributed by atoms with Gasteiger partial charge in [0.2, 0.25) is 0 Å². The predicted molar refractivity (Wildman–Crippen MR) is 264 cm³/mol. The van der Waals surface area contributed by atoms with Gasteiger partial charge in [-0.05, 0) is 105 Å². The molecule has 64 heavy (non-hydrogen) atoms. The molecule has 0 saturated carbocycles. The fraction of sp³-hybridized carbons (Fsp3) is 0.0164. The Morgan fingerprint density at radius 1 is 0.328 bits per heavy atom. The molecule has 0 unspecified atom stereocenters. The van der Waals surface area contributed by atoms with Gasteiger partial charge in [-0.15, -0.1) is 0 Å². The fourth-order valence-corrected chi connectivity index (χ4v) is 10.6. The molecular weight excluding hydrogens is 779 g/mol. The van der Waals surface area contributed by atoms with Gasteiger partial charge in [-0.2, -0.15) is 0 Å². The number of fused-ring (bicyclic) bond motifs is 9. The minimum Gasteiger partial charge on any atom is -0.456 e. The lowest BCUT2D eigenvalue weighted by Gasteiger charge is -2.35. The standard InChI is InChI=1S/C61H39NO2/c1-3-16-40(17-4-1)42-34-37-57-52(38-42)59-55(29-15-31-58(59)63-57)62(45-35-32-41(33-36-45)47-25-14-26-51-50-24-9-12-30-56(50)64-60(47)51)46-21-13-20-44(39-46)61(43-18-5-2-6-19-43)53-27-10-7-22-48(53)49-23-8-11-28-54(49)61/h1-39H. The van der Waals surface area contributed by atoms with Gasteiger partial charge in [0.15, 0.2) is 0 Å². The number of anilines is 3. The predicted octanol–water partition coefficient (Wildman–Crippen LogP) is 16.7. The van der Waals surface area contributed by atoms with Gasteiger partial charge in [0.25, 0.3) is 0 Å². The summed E-state index contributed by atoms with van der Waals surface area (Å²) in [6.45, 7) is 0. The summed E-state index contributed by atoms with van der Waals surface area (Å²) >= 11 is 0. The molecule has 2 heterocycles. The van der Waals surface area contributed by atoms with E-state index < -0.39 is 5.41 Å². The second-order valence-corrected chi connectivity index (χ2v) is 16.7. The van der Waals surface area contributed by atoms with Crippen LogP contribution >= 0.6 is 0 Å². The number of furan rings is 2. The molecule has 1 aliphatic carbocycles. The first kappa shape index (κ1) is 36.3. The third-order valence-electron chi connectivity index (χ3n) is 13.4. The summed E-state index contributed by atoms with van der Waals surface area (Å²) < 4.78 is 13.2. The van der Waals surface area contributed by atoms with Crippen LogP contribution in [0.1, 0.15) is 22.3 Å². The Balaban J connectivity index is 1.05. The third-order valence-corrected chi connectivity index (χ3v) is 13.4. The molecule has 0 spiro atoms. The van der Waals surface area contributed by atoms with Crippen LogP contribution in [-0.4, -0.2) is 0 Å². The average Bonchev–Trinajstić information content (AvgIpc) is 4.04. The van der Waals surface area contributed by atoms with Gasteiger partial charge in [-0.25, -0.2) is 0 Å². The highest BCUT2D eigenvalue weighted by atomic mass is 16.3. The topological polar surface area (TPSA) is 29.5 Å². The van der Waals surface area contributed by atoms with E-state index in [1.165, 1.54) is 38.9 Å². The number of hydrogen-bond donors (Lipinski definition) is 0. The first-order valence-electron chi connectivity index (χ1n) is 21.9. The van der Waals surface area contributed by atoms with E-state index in [1.54, 1.807) is 0 Å². The van der Waals surface area contributed by atoms with Crippen molar-refractivity contribution in [3.8, 4) is 33.4 Å². The number of rotatable bonds is 7. The van der Waals surface area contributed by atoms with Crippen molar-refractivity contribution in [2.45, 2.75) is 5.41 Å². The van der Waals surface area contributed by atoms with Crippen LogP contribution < -0.4 is 4.90 Å². The molecule has 3 nitrogen and oxygen atoms in total. The van der Waals surface area contributed by atoms with Gasteiger partial charge in [-0.3, -0.25) is 0 Å². The maximum atomic E-state index is 6.67.